The summed E-state index contributed by atoms with van der Waals surface area (Å²) in [5.74, 6) is 0.955. The van der Waals surface area contributed by atoms with Crippen molar-refractivity contribution >= 4 is 17.7 Å². The average molecular weight is 403 g/mol. The Morgan fingerprint density at radius 1 is 1.03 bits per heavy atom. The molecule has 8 nitrogen and oxygen atoms in total. The van der Waals surface area contributed by atoms with Crippen molar-refractivity contribution in [3.05, 3.63) is 23.8 Å². The van der Waals surface area contributed by atoms with Gasteiger partial charge in [-0.2, -0.15) is 0 Å². The van der Waals surface area contributed by atoms with Crippen LogP contribution in [0.15, 0.2) is 18.2 Å². The molecule has 8 heteroatoms. The molecule has 0 aromatic heterocycles. The van der Waals surface area contributed by atoms with Gasteiger partial charge in [-0.1, -0.05) is 0 Å². The number of carbonyl (C=O) groups is 3. The summed E-state index contributed by atoms with van der Waals surface area (Å²) in [5, 5.41) is 5.01. The minimum atomic E-state index is -0.486. The van der Waals surface area contributed by atoms with Crippen LogP contribution in [-0.2, 0) is 4.79 Å². The molecule has 2 heterocycles. The van der Waals surface area contributed by atoms with Crippen molar-refractivity contribution in [3.8, 4) is 11.5 Å². The van der Waals surface area contributed by atoms with Gasteiger partial charge in [0.15, 0.2) is 17.3 Å². The summed E-state index contributed by atoms with van der Waals surface area (Å²) in [7, 11) is 0. The van der Waals surface area contributed by atoms with E-state index in [1.165, 1.54) is 0 Å². The van der Waals surface area contributed by atoms with E-state index in [0.717, 1.165) is 0 Å². The number of imide groups is 1. The molecule has 1 aromatic carbocycles. The molecular formula is C21H29N3O5. The highest BCUT2D eigenvalue weighted by Gasteiger charge is 2.31. The summed E-state index contributed by atoms with van der Waals surface area (Å²) in [6, 6.07) is 4.36. The van der Waals surface area contributed by atoms with Gasteiger partial charge in [-0.15, -0.1) is 0 Å². The van der Waals surface area contributed by atoms with E-state index in [1.807, 2.05) is 18.7 Å². The van der Waals surface area contributed by atoms with Crippen molar-refractivity contribution in [1.82, 2.24) is 15.5 Å². The number of hydrogen-bond donors (Lipinski definition) is 2. The number of ketones is 1. The number of nitrogens with one attached hydrogen (secondary N) is 2. The number of rotatable bonds is 5. The van der Waals surface area contributed by atoms with Crippen LogP contribution >= 0.6 is 0 Å². The summed E-state index contributed by atoms with van der Waals surface area (Å²) >= 11 is 0. The van der Waals surface area contributed by atoms with E-state index < -0.39 is 12.1 Å². The quantitative estimate of drug-likeness (QED) is 0.730. The second-order valence-corrected chi connectivity index (χ2v) is 7.83. The number of Topliss-reactive ketones (excluding diaryl/α,β-unsaturated/α-hetero) is 1. The topological polar surface area (TPSA) is 97.0 Å². The molecule has 3 rings (SSSR count). The van der Waals surface area contributed by atoms with Gasteiger partial charge in [0.05, 0.1) is 6.04 Å². The first-order chi connectivity index (χ1) is 13.8. The lowest BCUT2D eigenvalue weighted by Crippen LogP contribution is -2.52. The first-order valence-corrected chi connectivity index (χ1v) is 10.1. The van der Waals surface area contributed by atoms with Crippen molar-refractivity contribution in [1.29, 1.82) is 0 Å². The van der Waals surface area contributed by atoms with Crippen LogP contribution in [-0.4, -0.2) is 61.0 Å². The summed E-state index contributed by atoms with van der Waals surface area (Å²) < 4.78 is 11.1. The first kappa shape index (κ1) is 21.1. The maximum Gasteiger partial charge on any atom is 0.321 e. The Balaban J connectivity index is 1.52. The zero-order valence-corrected chi connectivity index (χ0v) is 17.2. The number of ether oxygens (including phenoxy) is 2. The van der Waals surface area contributed by atoms with Crippen LogP contribution in [0.3, 0.4) is 0 Å². The fourth-order valence-electron chi connectivity index (χ4n) is 3.66. The Morgan fingerprint density at radius 2 is 1.69 bits per heavy atom. The molecule has 0 spiro atoms. The van der Waals surface area contributed by atoms with Gasteiger partial charge < -0.3 is 14.8 Å². The highest BCUT2D eigenvalue weighted by atomic mass is 16.6. The summed E-state index contributed by atoms with van der Waals surface area (Å²) in [6.45, 7) is 7.69. The standard InChI is InChI=1S/C21H29N3O5/c1-13(2)22-21(27)23-20(26)14(3)24-8-6-15(7-9-24)19(25)16-4-5-17-18(12-16)29-11-10-28-17/h4-5,12-15H,6-11H2,1-3H3,(H2,22,23,26,27)/t14-/m1/s1. The van der Waals surface area contributed by atoms with E-state index in [9.17, 15) is 14.4 Å². The normalized spacial score (nSPS) is 18.2. The maximum absolute atomic E-state index is 12.9. The lowest BCUT2D eigenvalue weighted by atomic mass is 9.88. The van der Waals surface area contributed by atoms with Gasteiger partial charge in [0.25, 0.3) is 0 Å². The van der Waals surface area contributed by atoms with Crippen LogP contribution in [0.1, 0.15) is 44.0 Å². The number of benzene rings is 1. The monoisotopic (exact) mass is 403 g/mol. The van der Waals surface area contributed by atoms with E-state index in [-0.39, 0.29) is 23.7 Å². The Morgan fingerprint density at radius 3 is 2.34 bits per heavy atom. The SMILES string of the molecule is CC(C)NC(=O)NC(=O)[C@@H](C)N1CCC(C(=O)c2ccc3c(c2)OCCO3)CC1. The van der Waals surface area contributed by atoms with Crippen molar-refractivity contribution in [3.63, 3.8) is 0 Å². The molecule has 158 valence electrons. The predicted molar refractivity (Wildman–Crippen MR) is 107 cm³/mol. The van der Waals surface area contributed by atoms with Gasteiger partial charge in [-0.05, 0) is 64.9 Å². The molecule has 1 aromatic rings. The number of piperidine rings is 1. The number of nitrogens with zero attached hydrogens (tertiary/aromatic N) is 1. The molecule has 0 radical (unpaired) electrons. The molecule has 0 saturated carbocycles. The molecule has 0 aliphatic carbocycles. The molecule has 1 saturated heterocycles. The number of fused-ring (bicyclic) bond motifs is 1. The first-order valence-electron chi connectivity index (χ1n) is 10.1. The second-order valence-electron chi connectivity index (χ2n) is 7.83. The number of likely N-dealkylation sites (tertiary alicyclic amines) is 1. The van der Waals surface area contributed by atoms with E-state index in [0.29, 0.717) is 56.2 Å². The van der Waals surface area contributed by atoms with Crippen molar-refractivity contribution in [2.45, 2.75) is 45.7 Å². The minimum Gasteiger partial charge on any atom is -0.486 e. The Kier molecular flexibility index (Phi) is 6.74. The number of amides is 3. The van der Waals surface area contributed by atoms with Crippen molar-refractivity contribution in [2.75, 3.05) is 26.3 Å². The molecule has 2 aliphatic rings. The third-order valence-corrected chi connectivity index (χ3v) is 5.31. The van der Waals surface area contributed by atoms with Gasteiger partial charge in [-0.25, -0.2) is 4.79 Å². The highest BCUT2D eigenvalue weighted by molar-refractivity contribution is 5.99. The molecule has 3 amide bonds. The molecule has 1 fully saturated rings. The predicted octanol–water partition coefficient (Wildman–Crippen LogP) is 1.98. The Hall–Kier alpha value is -2.61. The minimum absolute atomic E-state index is 0.0413. The maximum atomic E-state index is 12.9. The van der Waals surface area contributed by atoms with Gasteiger partial charge in [-0.3, -0.25) is 19.8 Å². The zero-order chi connectivity index (χ0) is 21.0. The zero-order valence-electron chi connectivity index (χ0n) is 17.2. The Bertz CT molecular complexity index is 772. The molecule has 2 aliphatic heterocycles. The molecular weight excluding hydrogens is 374 g/mol. The van der Waals surface area contributed by atoms with Gasteiger partial charge in [0.2, 0.25) is 5.91 Å². The largest absolute Gasteiger partial charge is 0.486 e. The average Bonchev–Trinajstić information content (AvgIpc) is 2.71. The fraction of sp³-hybridized carbons (Fsp3) is 0.571. The summed E-state index contributed by atoms with van der Waals surface area (Å²) in [4.78, 5) is 38.9. The van der Waals surface area contributed by atoms with Crippen LogP contribution in [0.5, 0.6) is 11.5 Å². The number of urea groups is 1. The van der Waals surface area contributed by atoms with Crippen LogP contribution < -0.4 is 20.1 Å². The van der Waals surface area contributed by atoms with Crippen LogP contribution in [0, 0.1) is 5.92 Å². The Labute approximate surface area is 170 Å². The van der Waals surface area contributed by atoms with Gasteiger partial charge in [0, 0.05) is 17.5 Å². The number of hydrogen-bond acceptors (Lipinski definition) is 6. The van der Waals surface area contributed by atoms with Crippen LogP contribution in [0.4, 0.5) is 4.79 Å². The molecule has 0 bridgehead atoms. The van der Waals surface area contributed by atoms with Crippen LogP contribution in [0.25, 0.3) is 0 Å². The lowest BCUT2D eigenvalue weighted by molar-refractivity contribution is -0.125. The third kappa shape index (κ3) is 5.26. The van der Waals surface area contributed by atoms with Gasteiger partial charge in [0.1, 0.15) is 13.2 Å². The van der Waals surface area contributed by atoms with Crippen molar-refractivity contribution in [2.24, 2.45) is 5.92 Å². The second kappa shape index (κ2) is 9.26. The molecule has 29 heavy (non-hydrogen) atoms. The van der Waals surface area contributed by atoms with Crippen LogP contribution in [0.2, 0.25) is 0 Å². The fourth-order valence-corrected chi connectivity index (χ4v) is 3.66. The molecule has 0 unspecified atom stereocenters. The number of carbonyl (C=O) groups excluding carboxylic acids is 3. The third-order valence-electron chi connectivity index (χ3n) is 5.31. The molecule has 2 N–H and O–H groups in total. The van der Waals surface area contributed by atoms with E-state index in [4.69, 9.17) is 9.47 Å². The highest BCUT2D eigenvalue weighted by Crippen LogP contribution is 2.32. The molecule has 1 atom stereocenters. The van der Waals surface area contributed by atoms with Gasteiger partial charge >= 0.3 is 6.03 Å². The van der Waals surface area contributed by atoms with E-state index in [2.05, 4.69) is 10.6 Å². The smallest absolute Gasteiger partial charge is 0.321 e. The summed E-state index contributed by atoms with van der Waals surface area (Å²) in [5.41, 5.74) is 0.629. The van der Waals surface area contributed by atoms with E-state index >= 15 is 0 Å². The van der Waals surface area contributed by atoms with E-state index in [1.54, 1.807) is 25.1 Å². The van der Waals surface area contributed by atoms with Crippen molar-refractivity contribution < 1.29 is 23.9 Å². The summed E-state index contributed by atoms with van der Waals surface area (Å²) in [6.07, 6.45) is 1.34. The lowest BCUT2D eigenvalue weighted by Gasteiger charge is -2.34.